The second-order valence-corrected chi connectivity index (χ2v) is 11.8. The molecule has 1 aromatic carbocycles. The van der Waals surface area contributed by atoms with Crippen molar-refractivity contribution in [1.29, 1.82) is 0 Å². The van der Waals surface area contributed by atoms with E-state index >= 15 is 0 Å². The van der Waals surface area contributed by atoms with E-state index in [1.807, 2.05) is 18.7 Å². The highest BCUT2D eigenvalue weighted by molar-refractivity contribution is 7.91. The third kappa shape index (κ3) is 4.66. The van der Waals surface area contributed by atoms with Crippen molar-refractivity contribution in [2.75, 3.05) is 30.0 Å². The number of sulfone groups is 1. The number of ether oxygens (including phenoxy) is 2. The Kier molecular flexibility index (Phi) is 6.18. The van der Waals surface area contributed by atoms with Gasteiger partial charge in [0.15, 0.2) is 16.5 Å². The van der Waals surface area contributed by atoms with E-state index in [9.17, 15) is 13.2 Å². The molecule has 11 heteroatoms. The van der Waals surface area contributed by atoms with E-state index in [4.69, 9.17) is 15.2 Å². The SMILES string of the molecule is CC1CN(c2nccc(S(=O)(=O)c3cccc(Nc4ccc5c(c4)OCCO5)n3)c2C(N)=O)C(C)(C)C1. The average Bonchev–Trinajstić information content (AvgIpc) is 3.15. The molecule has 2 aliphatic rings. The third-order valence-electron chi connectivity index (χ3n) is 6.57. The van der Waals surface area contributed by atoms with Gasteiger partial charge >= 0.3 is 0 Å². The number of primary amides is 1. The molecule has 4 heterocycles. The predicted octanol–water partition coefficient (Wildman–Crippen LogP) is 3.55. The highest BCUT2D eigenvalue weighted by Gasteiger charge is 2.40. The summed E-state index contributed by atoms with van der Waals surface area (Å²) in [5.74, 6) is 1.31. The summed E-state index contributed by atoms with van der Waals surface area (Å²) in [6.45, 7) is 7.76. The van der Waals surface area contributed by atoms with E-state index in [0.717, 1.165) is 6.42 Å². The maximum Gasteiger partial charge on any atom is 0.253 e. The summed E-state index contributed by atoms with van der Waals surface area (Å²) in [5, 5.41) is 2.89. The van der Waals surface area contributed by atoms with Gasteiger partial charge in [-0.2, -0.15) is 0 Å². The Bertz CT molecular complexity index is 1470. The minimum atomic E-state index is -4.21. The van der Waals surface area contributed by atoms with Crippen molar-refractivity contribution in [3.8, 4) is 11.5 Å². The van der Waals surface area contributed by atoms with Gasteiger partial charge in [0.2, 0.25) is 9.84 Å². The molecule has 5 rings (SSSR count). The van der Waals surface area contributed by atoms with Crippen molar-refractivity contribution in [2.24, 2.45) is 11.7 Å². The second-order valence-electron chi connectivity index (χ2n) is 9.95. The Morgan fingerprint density at radius 1 is 1.14 bits per heavy atom. The monoisotopic (exact) mass is 523 g/mol. The van der Waals surface area contributed by atoms with Crippen LogP contribution in [0.4, 0.5) is 17.3 Å². The van der Waals surface area contributed by atoms with Crippen LogP contribution >= 0.6 is 0 Å². The van der Waals surface area contributed by atoms with Crippen molar-refractivity contribution < 1.29 is 22.7 Å². The molecule has 0 spiro atoms. The maximum atomic E-state index is 13.8. The molecule has 194 valence electrons. The Hall–Kier alpha value is -3.86. The first-order valence-electron chi connectivity index (χ1n) is 12.0. The number of hydrogen-bond acceptors (Lipinski definition) is 9. The van der Waals surface area contributed by atoms with Gasteiger partial charge in [0.25, 0.3) is 5.91 Å². The minimum absolute atomic E-state index is 0.128. The van der Waals surface area contributed by atoms with Crippen LogP contribution in [0.25, 0.3) is 0 Å². The van der Waals surface area contributed by atoms with E-state index in [-0.39, 0.29) is 26.8 Å². The smallest absolute Gasteiger partial charge is 0.253 e. The van der Waals surface area contributed by atoms with Gasteiger partial charge in [-0.3, -0.25) is 4.79 Å². The first-order chi connectivity index (χ1) is 17.6. The van der Waals surface area contributed by atoms with Crippen molar-refractivity contribution in [1.82, 2.24) is 9.97 Å². The summed E-state index contributed by atoms with van der Waals surface area (Å²) in [6, 6.07) is 11.2. The molecule has 0 radical (unpaired) electrons. The quantitative estimate of drug-likeness (QED) is 0.497. The van der Waals surface area contributed by atoms with Gasteiger partial charge in [-0.05, 0) is 56.5 Å². The normalized spacial score (nSPS) is 18.5. The molecule has 2 aromatic heterocycles. The van der Waals surface area contributed by atoms with Gasteiger partial charge in [0.1, 0.15) is 30.4 Å². The summed E-state index contributed by atoms with van der Waals surface area (Å²) < 4.78 is 38.7. The lowest BCUT2D eigenvalue weighted by Crippen LogP contribution is -2.40. The number of rotatable bonds is 6. The van der Waals surface area contributed by atoms with Crippen LogP contribution in [0, 0.1) is 5.92 Å². The molecule has 3 N–H and O–H groups in total. The number of aromatic nitrogens is 2. The molecule has 1 fully saturated rings. The molecule has 1 saturated heterocycles. The van der Waals surface area contributed by atoms with E-state index in [0.29, 0.717) is 48.7 Å². The fourth-order valence-electron chi connectivity index (χ4n) is 5.07. The molecule has 37 heavy (non-hydrogen) atoms. The first kappa shape index (κ1) is 24.8. The molecule has 1 amide bonds. The van der Waals surface area contributed by atoms with Crippen LogP contribution in [0.1, 0.15) is 37.6 Å². The largest absolute Gasteiger partial charge is 0.486 e. The Balaban J connectivity index is 1.51. The summed E-state index contributed by atoms with van der Waals surface area (Å²) in [7, 11) is -4.21. The molecule has 2 aliphatic heterocycles. The van der Waals surface area contributed by atoms with Gasteiger partial charge in [-0.25, -0.2) is 18.4 Å². The molecule has 0 saturated carbocycles. The van der Waals surface area contributed by atoms with Crippen molar-refractivity contribution >= 4 is 33.1 Å². The summed E-state index contributed by atoms with van der Waals surface area (Å²) in [6.07, 6.45) is 2.27. The van der Waals surface area contributed by atoms with Crippen LogP contribution in [-0.2, 0) is 9.84 Å². The Morgan fingerprint density at radius 2 is 1.89 bits per heavy atom. The summed E-state index contributed by atoms with van der Waals surface area (Å²) in [4.78, 5) is 23.1. The highest BCUT2D eigenvalue weighted by atomic mass is 32.2. The van der Waals surface area contributed by atoms with Crippen LogP contribution in [0.15, 0.2) is 58.6 Å². The van der Waals surface area contributed by atoms with E-state index < -0.39 is 15.7 Å². The molecule has 10 nitrogen and oxygen atoms in total. The van der Waals surface area contributed by atoms with Crippen molar-refractivity contribution in [2.45, 2.75) is 42.7 Å². The minimum Gasteiger partial charge on any atom is -0.486 e. The van der Waals surface area contributed by atoms with Crippen LogP contribution in [-0.4, -0.2) is 49.6 Å². The molecule has 0 aliphatic carbocycles. The number of amides is 1. The number of nitrogens with two attached hydrogens (primary N) is 1. The van der Waals surface area contributed by atoms with Crippen LogP contribution in [0.5, 0.6) is 11.5 Å². The highest BCUT2D eigenvalue weighted by Crippen LogP contribution is 2.39. The number of pyridine rings is 2. The van der Waals surface area contributed by atoms with E-state index in [1.54, 1.807) is 30.3 Å². The van der Waals surface area contributed by atoms with Gasteiger partial charge in [0, 0.05) is 30.0 Å². The summed E-state index contributed by atoms with van der Waals surface area (Å²) >= 11 is 0. The fraction of sp³-hybridized carbons (Fsp3) is 0.346. The molecule has 0 bridgehead atoms. The zero-order chi connectivity index (χ0) is 26.4. The average molecular weight is 524 g/mol. The van der Waals surface area contributed by atoms with Gasteiger partial charge in [-0.15, -0.1) is 0 Å². The number of nitrogens with zero attached hydrogens (tertiary/aromatic N) is 3. The zero-order valence-electron chi connectivity index (χ0n) is 20.9. The van der Waals surface area contributed by atoms with Crippen molar-refractivity contribution in [3.63, 3.8) is 0 Å². The Labute approximate surface area is 215 Å². The summed E-state index contributed by atoms with van der Waals surface area (Å²) in [5.41, 5.74) is 5.95. The number of nitrogens with one attached hydrogen (secondary N) is 1. The molecule has 1 atom stereocenters. The number of fused-ring (bicyclic) bond motifs is 1. The number of benzene rings is 1. The van der Waals surface area contributed by atoms with E-state index in [1.165, 1.54) is 18.3 Å². The first-order valence-corrected chi connectivity index (χ1v) is 13.5. The fourth-order valence-corrected chi connectivity index (χ4v) is 6.47. The maximum absolute atomic E-state index is 13.8. The number of carbonyl (C=O) groups excluding carboxylic acids is 1. The topological polar surface area (TPSA) is 137 Å². The molecular weight excluding hydrogens is 494 g/mol. The van der Waals surface area contributed by atoms with E-state index in [2.05, 4.69) is 22.2 Å². The van der Waals surface area contributed by atoms with Crippen molar-refractivity contribution in [3.05, 3.63) is 54.2 Å². The lowest BCUT2D eigenvalue weighted by molar-refractivity contribution is 0.0997. The Morgan fingerprint density at radius 3 is 2.59 bits per heavy atom. The lowest BCUT2D eigenvalue weighted by atomic mass is 9.97. The third-order valence-corrected chi connectivity index (χ3v) is 8.27. The molecule has 1 unspecified atom stereocenters. The molecule has 3 aromatic rings. The van der Waals surface area contributed by atoms with Gasteiger partial charge < -0.3 is 25.4 Å². The van der Waals surface area contributed by atoms with Crippen LogP contribution < -0.4 is 25.4 Å². The zero-order valence-corrected chi connectivity index (χ0v) is 21.7. The lowest BCUT2D eigenvalue weighted by Gasteiger charge is -2.33. The van der Waals surface area contributed by atoms with Gasteiger partial charge in [-0.1, -0.05) is 13.0 Å². The van der Waals surface area contributed by atoms with Crippen LogP contribution in [0.3, 0.4) is 0 Å². The number of hydrogen-bond donors (Lipinski definition) is 2. The predicted molar refractivity (Wildman–Crippen MR) is 138 cm³/mol. The standard InChI is InChI=1S/C26H29N5O5S/c1-16-14-26(2,3)31(15-16)25-23(24(27)32)20(9-10-28-25)37(33,34)22-6-4-5-21(30-22)29-17-7-8-18-19(13-17)36-12-11-35-18/h4-10,13,16H,11-12,14-15H2,1-3H3,(H2,27,32)(H,29,30). The molecular formula is C26H29N5O5S. The van der Waals surface area contributed by atoms with Crippen LogP contribution in [0.2, 0.25) is 0 Å². The number of anilines is 3. The van der Waals surface area contributed by atoms with Gasteiger partial charge in [0.05, 0.1) is 4.90 Å². The second kappa shape index (κ2) is 9.22. The number of carbonyl (C=O) groups is 1.